The number of thiol groups is 1. The van der Waals surface area contributed by atoms with Crippen molar-refractivity contribution in [3.63, 3.8) is 0 Å². The van der Waals surface area contributed by atoms with Crippen molar-refractivity contribution in [2.45, 2.75) is 12.8 Å². The topological polar surface area (TPSA) is 40.6 Å². The van der Waals surface area contributed by atoms with E-state index in [0.717, 1.165) is 5.56 Å². The molecule has 3 amide bonds. The van der Waals surface area contributed by atoms with Crippen LogP contribution in [0.4, 0.5) is 4.79 Å². The van der Waals surface area contributed by atoms with Crippen molar-refractivity contribution in [3.8, 4) is 0 Å². The highest BCUT2D eigenvalue weighted by atomic mass is 32.1. The van der Waals surface area contributed by atoms with Crippen LogP contribution in [0.1, 0.15) is 12.0 Å². The minimum atomic E-state index is -0.319. The zero-order valence-corrected chi connectivity index (χ0v) is 10.3. The van der Waals surface area contributed by atoms with E-state index in [4.69, 9.17) is 0 Å². The van der Waals surface area contributed by atoms with E-state index in [1.807, 2.05) is 30.3 Å². The maximum absolute atomic E-state index is 11.7. The highest BCUT2D eigenvalue weighted by Gasteiger charge is 2.29. The van der Waals surface area contributed by atoms with Gasteiger partial charge >= 0.3 is 6.03 Å². The van der Waals surface area contributed by atoms with Crippen LogP contribution in [-0.4, -0.2) is 34.2 Å². The Balaban J connectivity index is 1.98. The van der Waals surface area contributed by atoms with Gasteiger partial charge in [0.25, 0.3) is 0 Å². The number of hydrogen-bond donors (Lipinski definition) is 1. The highest BCUT2D eigenvalue weighted by Crippen LogP contribution is 2.13. The number of hydrogen-bond acceptors (Lipinski definition) is 3. The van der Waals surface area contributed by atoms with Gasteiger partial charge in [0.05, 0.1) is 0 Å². The molecule has 1 aliphatic heterocycles. The molecule has 1 aromatic carbocycles. The van der Waals surface area contributed by atoms with Crippen LogP contribution >= 0.6 is 12.8 Å². The predicted molar refractivity (Wildman–Crippen MR) is 67.6 cm³/mol. The van der Waals surface area contributed by atoms with Crippen LogP contribution in [0.5, 0.6) is 0 Å². The van der Waals surface area contributed by atoms with Crippen molar-refractivity contribution in [1.29, 1.82) is 0 Å². The van der Waals surface area contributed by atoms with Gasteiger partial charge in [-0.1, -0.05) is 43.1 Å². The number of carbonyl (C=O) groups excluding carboxylic acids is 2. The lowest BCUT2D eigenvalue weighted by Gasteiger charge is -2.30. The van der Waals surface area contributed by atoms with Crippen LogP contribution in [-0.2, 0) is 11.2 Å². The average Bonchev–Trinajstić information content (AvgIpc) is 2.35. The third kappa shape index (κ3) is 2.79. The number of rotatable bonds is 3. The first kappa shape index (κ1) is 12.0. The molecule has 0 saturated carbocycles. The summed E-state index contributed by atoms with van der Waals surface area (Å²) in [6.45, 7) is 0.807. The molecular weight excluding hydrogens is 236 g/mol. The second-order valence-electron chi connectivity index (χ2n) is 3.94. The maximum Gasteiger partial charge on any atom is 0.336 e. The SMILES string of the molecule is O=C1CCN(S)C(=O)N1CCc1ccccc1. The molecule has 0 N–H and O–H groups in total. The first-order chi connectivity index (χ1) is 8.18. The minimum absolute atomic E-state index is 0.115. The fourth-order valence-corrected chi connectivity index (χ4v) is 1.99. The van der Waals surface area contributed by atoms with Gasteiger partial charge in [0, 0.05) is 19.5 Å². The Labute approximate surface area is 106 Å². The molecule has 17 heavy (non-hydrogen) atoms. The summed E-state index contributed by atoms with van der Waals surface area (Å²) in [5.41, 5.74) is 1.12. The summed E-state index contributed by atoms with van der Waals surface area (Å²) >= 11 is 4.03. The molecule has 90 valence electrons. The molecule has 1 saturated heterocycles. The first-order valence-corrected chi connectivity index (χ1v) is 5.93. The fourth-order valence-electron chi connectivity index (χ4n) is 1.78. The second-order valence-corrected chi connectivity index (χ2v) is 4.42. The van der Waals surface area contributed by atoms with Gasteiger partial charge in [-0.15, -0.1) is 0 Å². The third-order valence-corrected chi connectivity index (χ3v) is 3.13. The van der Waals surface area contributed by atoms with Crippen LogP contribution < -0.4 is 0 Å². The van der Waals surface area contributed by atoms with Gasteiger partial charge in [0.1, 0.15) is 0 Å². The van der Waals surface area contributed by atoms with Crippen molar-refractivity contribution >= 4 is 24.8 Å². The van der Waals surface area contributed by atoms with E-state index < -0.39 is 0 Å². The van der Waals surface area contributed by atoms with E-state index >= 15 is 0 Å². The lowest BCUT2D eigenvalue weighted by atomic mass is 10.1. The van der Waals surface area contributed by atoms with Gasteiger partial charge < -0.3 is 0 Å². The Bertz CT molecular complexity index is 422. The van der Waals surface area contributed by atoms with Crippen LogP contribution in [0.2, 0.25) is 0 Å². The Morgan fingerprint density at radius 3 is 2.59 bits per heavy atom. The molecule has 5 heteroatoms. The normalized spacial score (nSPS) is 16.5. The Morgan fingerprint density at radius 2 is 1.88 bits per heavy atom. The summed E-state index contributed by atoms with van der Waals surface area (Å²) in [6, 6.07) is 9.48. The largest absolute Gasteiger partial charge is 0.336 e. The van der Waals surface area contributed by atoms with Crippen LogP contribution in [0, 0.1) is 0 Å². The van der Waals surface area contributed by atoms with Gasteiger partial charge in [-0.05, 0) is 12.0 Å². The maximum atomic E-state index is 11.7. The van der Waals surface area contributed by atoms with Crippen LogP contribution in [0.25, 0.3) is 0 Å². The number of imide groups is 1. The Morgan fingerprint density at radius 1 is 1.18 bits per heavy atom. The summed E-state index contributed by atoms with van der Waals surface area (Å²) in [6.07, 6.45) is 1.03. The molecule has 0 unspecified atom stereocenters. The van der Waals surface area contributed by atoms with Crippen molar-refractivity contribution in [3.05, 3.63) is 35.9 Å². The zero-order chi connectivity index (χ0) is 12.3. The number of urea groups is 1. The third-order valence-electron chi connectivity index (χ3n) is 2.76. The molecule has 0 bridgehead atoms. The number of carbonyl (C=O) groups is 2. The van der Waals surface area contributed by atoms with E-state index in [-0.39, 0.29) is 11.9 Å². The van der Waals surface area contributed by atoms with Crippen LogP contribution in [0.3, 0.4) is 0 Å². The monoisotopic (exact) mass is 250 g/mol. The van der Waals surface area contributed by atoms with Crippen LogP contribution in [0.15, 0.2) is 30.3 Å². The number of amides is 3. The fraction of sp³-hybridized carbons (Fsp3) is 0.333. The quantitative estimate of drug-likeness (QED) is 0.830. The Kier molecular flexibility index (Phi) is 3.68. The summed E-state index contributed by atoms with van der Waals surface area (Å²) in [7, 11) is 0. The number of nitrogens with zero attached hydrogens (tertiary/aromatic N) is 2. The molecule has 4 nitrogen and oxygen atoms in total. The van der Waals surface area contributed by atoms with E-state index in [9.17, 15) is 9.59 Å². The van der Waals surface area contributed by atoms with E-state index in [1.54, 1.807) is 0 Å². The van der Waals surface area contributed by atoms with Gasteiger partial charge in [-0.3, -0.25) is 14.0 Å². The Hall–Kier alpha value is -1.49. The van der Waals surface area contributed by atoms with Gasteiger partial charge in [-0.25, -0.2) is 4.79 Å². The molecule has 1 aliphatic rings. The molecule has 0 aromatic heterocycles. The van der Waals surface area contributed by atoms with E-state index in [1.165, 1.54) is 9.21 Å². The summed E-state index contributed by atoms with van der Waals surface area (Å²) in [5, 5.41) is 0. The van der Waals surface area contributed by atoms with E-state index in [0.29, 0.717) is 25.9 Å². The molecule has 0 aliphatic carbocycles. The molecule has 2 rings (SSSR count). The lowest BCUT2D eigenvalue weighted by Crippen LogP contribution is -2.49. The first-order valence-electron chi connectivity index (χ1n) is 5.53. The number of benzene rings is 1. The summed E-state index contributed by atoms with van der Waals surface area (Å²) in [4.78, 5) is 24.6. The van der Waals surface area contributed by atoms with Crippen molar-refractivity contribution < 1.29 is 9.59 Å². The standard InChI is InChI=1S/C12H14N2O2S/c15-11-7-9-14(17)12(16)13(11)8-6-10-4-2-1-3-5-10/h1-5,17H,6-9H2. The summed E-state index contributed by atoms with van der Waals surface area (Å²) < 4.78 is 1.28. The predicted octanol–water partition coefficient (Wildman–Crippen LogP) is 1.73. The van der Waals surface area contributed by atoms with Crippen molar-refractivity contribution in [1.82, 2.24) is 9.21 Å². The van der Waals surface area contributed by atoms with Gasteiger partial charge in [-0.2, -0.15) is 0 Å². The zero-order valence-electron chi connectivity index (χ0n) is 9.37. The molecule has 0 spiro atoms. The van der Waals surface area contributed by atoms with E-state index in [2.05, 4.69) is 12.8 Å². The average molecular weight is 250 g/mol. The summed E-state index contributed by atoms with van der Waals surface area (Å²) in [5.74, 6) is -0.115. The smallest absolute Gasteiger partial charge is 0.274 e. The van der Waals surface area contributed by atoms with Gasteiger partial charge in [0.15, 0.2) is 0 Å². The second kappa shape index (κ2) is 5.23. The van der Waals surface area contributed by atoms with Crippen molar-refractivity contribution in [2.24, 2.45) is 0 Å². The molecule has 0 atom stereocenters. The molecule has 1 aromatic rings. The minimum Gasteiger partial charge on any atom is -0.274 e. The molecular formula is C12H14N2O2S. The van der Waals surface area contributed by atoms with Crippen molar-refractivity contribution in [2.75, 3.05) is 13.1 Å². The lowest BCUT2D eigenvalue weighted by molar-refractivity contribution is -0.130. The molecule has 1 heterocycles. The molecule has 1 fully saturated rings. The molecule has 0 radical (unpaired) electrons. The highest BCUT2D eigenvalue weighted by molar-refractivity contribution is 7.78. The van der Waals surface area contributed by atoms with Gasteiger partial charge in [0.2, 0.25) is 5.91 Å².